The van der Waals surface area contributed by atoms with Gasteiger partial charge in [-0.25, -0.2) is 0 Å². The van der Waals surface area contributed by atoms with E-state index in [4.69, 9.17) is 0 Å². The van der Waals surface area contributed by atoms with E-state index >= 15 is 0 Å². The molecule has 1 N–H and O–H groups in total. The van der Waals surface area contributed by atoms with E-state index in [9.17, 15) is 9.59 Å². The van der Waals surface area contributed by atoms with E-state index in [1.807, 2.05) is 19.2 Å². The lowest BCUT2D eigenvalue weighted by molar-refractivity contribution is -0.130. The molecule has 104 valence electrons. The molecule has 4 heteroatoms. The summed E-state index contributed by atoms with van der Waals surface area (Å²) in [5.41, 5.74) is 1.66. The highest BCUT2D eigenvalue weighted by molar-refractivity contribution is 5.93. The summed E-state index contributed by atoms with van der Waals surface area (Å²) < 4.78 is 0. The van der Waals surface area contributed by atoms with Gasteiger partial charge in [-0.2, -0.15) is 0 Å². The Morgan fingerprint density at radius 3 is 2.37 bits per heavy atom. The van der Waals surface area contributed by atoms with Crippen molar-refractivity contribution in [3.05, 3.63) is 35.4 Å². The molecule has 0 unspecified atom stereocenters. The SMILES string of the molecule is CCCCC(=O)N(C)Cc1ccc(C(=O)NC)cc1. The quantitative estimate of drug-likeness (QED) is 0.854. The second-order valence-corrected chi connectivity index (χ2v) is 4.63. The molecule has 1 rings (SSSR count). The van der Waals surface area contributed by atoms with Crippen molar-refractivity contribution in [3.63, 3.8) is 0 Å². The Balaban J connectivity index is 2.57. The maximum absolute atomic E-state index is 11.8. The Kier molecular flexibility index (Phi) is 6.06. The molecule has 4 nitrogen and oxygen atoms in total. The second kappa shape index (κ2) is 7.56. The number of benzene rings is 1. The lowest BCUT2D eigenvalue weighted by Gasteiger charge is -2.17. The summed E-state index contributed by atoms with van der Waals surface area (Å²) in [5.74, 6) is 0.0659. The molecular formula is C15H22N2O2. The fraction of sp³-hybridized carbons (Fsp3) is 0.467. The lowest BCUT2D eigenvalue weighted by Crippen LogP contribution is -2.25. The predicted molar refractivity (Wildman–Crippen MR) is 75.8 cm³/mol. The number of rotatable bonds is 6. The normalized spacial score (nSPS) is 10.1. The average molecular weight is 262 g/mol. The number of carbonyl (C=O) groups excluding carboxylic acids is 2. The Morgan fingerprint density at radius 1 is 1.21 bits per heavy atom. The van der Waals surface area contributed by atoms with Gasteiger partial charge in [-0.05, 0) is 24.1 Å². The minimum absolute atomic E-state index is 0.0982. The summed E-state index contributed by atoms with van der Waals surface area (Å²) in [4.78, 5) is 24.9. The van der Waals surface area contributed by atoms with Crippen LogP contribution in [0, 0.1) is 0 Å². The van der Waals surface area contributed by atoms with Gasteiger partial charge < -0.3 is 10.2 Å². The third kappa shape index (κ3) is 4.73. The fourth-order valence-electron chi connectivity index (χ4n) is 1.79. The molecule has 0 atom stereocenters. The van der Waals surface area contributed by atoms with Crippen molar-refractivity contribution in [1.29, 1.82) is 0 Å². The van der Waals surface area contributed by atoms with Crippen molar-refractivity contribution < 1.29 is 9.59 Å². The van der Waals surface area contributed by atoms with Gasteiger partial charge in [0.2, 0.25) is 5.91 Å². The summed E-state index contributed by atoms with van der Waals surface area (Å²) >= 11 is 0. The zero-order chi connectivity index (χ0) is 14.3. The van der Waals surface area contributed by atoms with Crippen molar-refractivity contribution in [2.45, 2.75) is 32.7 Å². The summed E-state index contributed by atoms with van der Waals surface area (Å²) in [6.45, 7) is 2.65. The maximum atomic E-state index is 11.8. The van der Waals surface area contributed by atoms with Crippen LogP contribution in [0.25, 0.3) is 0 Å². The molecule has 0 aromatic heterocycles. The van der Waals surface area contributed by atoms with Crippen molar-refractivity contribution in [1.82, 2.24) is 10.2 Å². The van der Waals surface area contributed by atoms with Crippen molar-refractivity contribution in [3.8, 4) is 0 Å². The van der Waals surface area contributed by atoms with Crippen LogP contribution in [0.5, 0.6) is 0 Å². The molecule has 0 aliphatic heterocycles. The highest BCUT2D eigenvalue weighted by Gasteiger charge is 2.09. The molecule has 1 aromatic rings. The molecule has 2 amide bonds. The molecule has 0 spiro atoms. The monoisotopic (exact) mass is 262 g/mol. The zero-order valence-electron chi connectivity index (χ0n) is 11.9. The lowest BCUT2D eigenvalue weighted by atomic mass is 10.1. The van der Waals surface area contributed by atoms with Gasteiger partial charge in [0.05, 0.1) is 0 Å². The van der Waals surface area contributed by atoms with Gasteiger partial charge in [0, 0.05) is 32.6 Å². The Hall–Kier alpha value is -1.84. The van der Waals surface area contributed by atoms with Crippen LogP contribution in [-0.2, 0) is 11.3 Å². The van der Waals surface area contributed by atoms with Crippen LogP contribution in [0.1, 0.15) is 42.1 Å². The van der Waals surface area contributed by atoms with Gasteiger partial charge in [-0.15, -0.1) is 0 Å². The summed E-state index contributed by atoms with van der Waals surface area (Å²) in [6.07, 6.45) is 2.56. The number of amides is 2. The van der Waals surface area contributed by atoms with Crippen LogP contribution < -0.4 is 5.32 Å². The highest BCUT2D eigenvalue weighted by Crippen LogP contribution is 2.08. The van der Waals surface area contributed by atoms with Gasteiger partial charge in [0.1, 0.15) is 0 Å². The largest absolute Gasteiger partial charge is 0.355 e. The molecule has 19 heavy (non-hydrogen) atoms. The van der Waals surface area contributed by atoms with E-state index in [0.717, 1.165) is 18.4 Å². The number of carbonyl (C=O) groups is 2. The van der Waals surface area contributed by atoms with Crippen LogP contribution in [0.2, 0.25) is 0 Å². The van der Waals surface area contributed by atoms with Crippen LogP contribution >= 0.6 is 0 Å². The topological polar surface area (TPSA) is 49.4 Å². The molecule has 0 heterocycles. The number of unbranched alkanes of at least 4 members (excludes halogenated alkanes) is 1. The molecule has 0 aliphatic carbocycles. The number of hydrogen-bond donors (Lipinski definition) is 1. The number of nitrogens with one attached hydrogen (secondary N) is 1. The third-order valence-electron chi connectivity index (χ3n) is 3.03. The van der Waals surface area contributed by atoms with Gasteiger partial charge in [0.25, 0.3) is 5.91 Å². The Labute approximate surface area is 114 Å². The van der Waals surface area contributed by atoms with Crippen LogP contribution in [0.4, 0.5) is 0 Å². The Bertz CT molecular complexity index is 426. The average Bonchev–Trinajstić information content (AvgIpc) is 2.44. The molecule has 0 saturated heterocycles. The van der Waals surface area contributed by atoms with Gasteiger partial charge in [-0.3, -0.25) is 9.59 Å². The van der Waals surface area contributed by atoms with Crippen molar-refractivity contribution >= 4 is 11.8 Å². The second-order valence-electron chi connectivity index (χ2n) is 4.63. The van der Waals surface area contributed by atoms with Crippen LogP contribution in [0.3, 0.4) is 0 Å². The van der Waals surface area contributed by atoms with Crippen molar-refractivity contribution in [2.24, 2.45) is 0 Å². The van der Waals surface area contributed by atoms with E-state index in [0.29, 0.717) is 18.5 Å². The van der Waals surface area contributed by atoms with Crippen LogP contribution in [0.15, 0.2) is 24.3 Å². The first-order valence-electron chi connectivity index (χ1n) is 6.63. The molecule has 0 saturated carbocycles. The predicted octanol–water partition coefficient (Wildman–Crippen LogP) is 2.19. The highest BCUT2D eigenvalue weighted by atomic mass is 16.2. The smallest absolute Gasteiger partial charge is 0.251 e. The fourth-order valence-corrected chi connectivity index (χ4v) is 1.79. The molecule has 1 aromatic carbocycles. The molecule has 0 radical (unpaired) electrons. The Morgan fingerprint density at radius 2 is 1.84 bits per heavy atom. The summed E-state index contributed by atoms with van der Waals surface area (Å²) in [5, 5.41) is 2.58. The van der Waals surface area contributed by atoms with Crippen molar-refractivity contribution in [2.75, 3.05) is 14.1 Å². The van der Waals surface area contributed by atoms with E-state index in [2.05, 4.69) is 12.2 Å². The summed E-state index contributed by atoms with van der Waals surface area (Å²) in [7, 11) is 3.42. The van der Waals surface area contributed by atoms with E-state index in [-0.39, 0.29) is 11.8 Å². The van der Waals surface area contributed by atoms with E-state index < -0.39 is 0 Å². The standard InChI is InChI=1S/C15H22N2O2/c1-4-5-6-14(18)17(3)11-12-7-9-13(10-8-12)15(19)16-2/h7-10H,4-6,11H2,1-3H3,(H,16,19). The van der Waals surface area contributed by atoms with E-state index in [1.165, 1.54) is 0 Å². The number of nitrogens with zero attached hydrogens (tertiary/aromatic N) is 1. The number of hydrogen-bond acceptors (Lipinski definition) is 2. The first kappa shape index (κ1) is 15.2. The van der Waals surface area contributed by atoms with Crippen LogP contribution in [-0.4, -0.2) is 30.8 Å². The minimum Gasteiger partial charge on any atom is -0.355 e. The molecule has 0 bridgehead atoms. The molecule has 0 fully saturated rings. The van der Waals surface area contributed by atoms with Gasteiger partial charge in [-0.1, -0.05) is 25.5 Å². The van der Waals surface area contributed by atoms with Gasteiger partial charge >= 0.3 is 0 Å². The van der Waals surface area contributed by atoms with E-state index in [1.54, 1.807) is 24.1 Å². The summed E-state index contributed by atoms with van der Waals surface area (Å²) in [6, 6.07) is 7.32. The maximum Gasteiger partial charge on any atom is 0.251 e. The first-order chi connectivity index (χ1) is 9.08. The molecular weight excluding hydrogens is 240 g/mol. The minimum atomic E-state index is -0.0982. The van der Waals surface area contributed by atoms with Gasteiger partial charge in [0.15, 0.2) is 0 Å². The zero-order valence-corrected chi connectivity index (χ0v) is 11.9. The molecule has 0 aliphatic rings. The third-order valence-corrected chi connectivity index (χ3v) is 3.03. The first-order valence-corrected chi connectivity index (χ1v) is 6.63.